The van der Waals surface area contributed by atoms with Crippen molar-refractivity contribution >= 4 is 5.78 Å². The standard InChI is InChI=1S/C13H25NO2/c1-10(2)12(15)9-13(16-11(3)4)5-7-14-8-6-13/h10-11,14H,5-9H2,1-4H3. The largest absolute Gasteiger partial charge is 0.372 e. The quantitative estimate of drug-likeness (QED) is 0.782. The Labute approximate surface area is 98.9 Å². The third-order valence-corrected chi connectivity index (χ3v) is 3.14. The Hall–Kier alpha value is -0.410. The van der Waals surface area contributed by atoms with Crippen LogP contribution in [0, 0.1) is 5.92 Å². The number of piperidine rings is 1. The molecule has 0 aromatic rings. The molecule has 1 N–H and O–H groups in total. The van der Waals surface area contributed by atoms with Crippen molar-refractivity contribution in [2.24, 2.45) is 5.92 Å². The highest BCUT2D eigenvalue weighted by Crippen LogP contribution is 2.30. The molecule has 1 heterocycles. The second-order valence-corrected chi connectivity index (χ2v) is 5.40. The number of carbonyl (C=O) groups excluding carboxylic acids is 1. The molecule has 0 atom stereocenters. The van der Waals surface area contributed by atoms with Crippen molar-refractivity contribution in [1.82, 2.24) is 5.32 Å². The van der Waals surface area contributed by atoms with E-state index in [0.29, 0.717) is 12.2 Å². The van der Waals surface area contributed by atoms with Crippen LogP contribution < -0.4 is 5.32 Å². The zero-order valence-electron chi connectivity index (χ0n) is 11.0. The average molecular weight is 227 g/mol. The van der Waals surface area contributed by atoms with Crippen molar-refractivity contribution in [3.8, 4) is 0 Å². The molecule has 0 amide bonds. The van der Waals surface area contributed by atoms with Crippen molar-refractivity contribution in [1.29, 1.82) is 0 Å². The summed E-state index contributed by atoms with van der Waals surface area (Å²) in [6.07, 6.45) is 2.66. The zero-order valence-corrected chi connectivity index (χ0v) is 11.0. The predicted octanol–water partition coefficient (Wildman–Crippen LogP) is 2.15. The zero-order chi connectivity index (χ0) is 12.2. The van der Waals surface area contributed by atoms with Gasteiger partial charge in [-0.2, -0.15) is 0 Å². The van der Waals surface area contributed by atoms with E-state index in [-0.39, 0.29) is 17.6 Å². The third-order valence-electron chi connectivity index (χ3n) is 3.14. The number of ether oxygens (including phenoxy) is 1. The molecule has 1 rings (SSSR count). The maximum atomic E-state index is 11.9. The molecule has 1 aliphatic rings. The highest BCUT2D eigenvalue weighted by molar-refractivity contribution is 5.81. The molecular weight excluding hydrogens is 202 g/mol. The van der Waals surface area contributed by atoms with Crippen molar-refractivity contribution < 1.29 is 9.53 Å². The van der Waals surface area contributed by atoms with Crippen LogP contribution in [0.5, 0.6) is 0 Å². The van der Waals surface area contributed by atoms with E-state index in [1.54, 1.807) is 0 Å². The molecule has 94 valence electrons. The van der Waals surface area contributed by atoms with E-state index in [4.69, 9.17) is 4.74 Å². The SMILES string of the molecule is CC(C)OC1(CC(=O)C(C)C)CCNCC1. The van der Waals surface area contributed by atoms with Gasteiger partial charge >= 0.3 is 0 Å². The second-order valence-electron chi connectivity index (χ2n) is 5.40. The highest BCUT2D eigenvalue weighted by Gasteiger charge is 2.36. The fourth-order valence-electron chi connectivity index (χ4n) is 2.24. The Morgan fingerprint density at radius 3 is 2.25 bits per heavy atom. The molecule has 1 saturated heterocycles. The van der Waals surface area contributed by atoms with Crippen LogP contribution in [0.4, 0.5) is 0 Å². The first-order valence-corrected chi connectivity index (χ1v) is 6.36. The topological polar surface area (TPSA) is 38.3 Å². The lowest BCUT2D eigenvalue weighted by atomic mass is 9.84. The number of rotatable bonds is 5. The van der Waals surface area contributed by atoms with Crippen molar-refractivity contribution in [2.75, 3.05) is 13.1 Å². The molecule has 0 saturated carbocycles. The van der Waals surface area contributed by atoms with Gasteiger partial charge in [0.05, 0.1) is 11.7 Å². The summed E-state index contributed by atoms with van der Waals surface area (Å²) in [6, 6.07) is 0. The summed E-state index contributed by atoms with van der Waals surface area (Å²) < 4.78 is 6.04. The van der Waals surface area contributed by atoms with Gasteiger partial charge in [0.25, 0.3) is 0 Å². The van der Waals surface area contributed by atoms with E-state index in [1.165, 1.54) is 0 Å². The van der Waals surface area contributed by atoms with E-state index in [1.807, 2.05) is 27.7 Å². The van der Waals surface area contributed by atoms with Crippen molar-refractivity contribution in [2.45, 2.75) is 58.7 Å². The Bertz CT molecular complexity index is 230. The summed E-state index contributed by atoms with van der Waals surface area (Å²) in [5.74, 6) is 0.435. The van der Waals surface area contributed by atoms with Gasteiger partial charge in [-0.25, -0.2) is 0 Å². The molecule has 0 bridgehead atoms. The minimum absolute atomic E-state index is 0.113. The van der Waals surface area contributed by atoms with E-state index in [0.717, 1.165) is 25.9 Å². The normalized spacial score (nSPS) is 20.4. The van der Waals surface area contributed by atoms with Gasteiger partial charge in [-0.15, -0.1) is 0 Å². The van der Waals surface area contributed by atoms with Crippen LogP contribution >= 0.6 is 0 Å². The minimum Gasteiger partial charge on any atom is -0.372 e. The summed E-state index contributed by atoms with van der Waals surface area (Å²) in [6.45, 7) is 9.93. The smallest absolute Gasteiger partial charge is 0.138 e. The summed E-state index contributed by atoms with van der Waals surface area (Å²) in [5.41, 5.74) is -0.208. The number of hydrogen-bond acceptors (Lipinski definition) is 3. The van der Waals surface area contributed by atoms with Crippen LogP contribution in [-0.2, 0) is 9.53 Å². The van der Waals surface area contributed by atoms with Crippen LogP contribution in [-0.4, -0.2) is 30.6 Å². The van der Waals surface area contributed by atoms with Gasteiger partial charge in [-0.3, -0.25) is 4.79 Å². The maximum Gasteiger partial charge on any atom is 0.138 e. The van der Waals surface area contributed by atoms with Crippen LogP contribution in [0.25, 0.3) is 0 Å². The molecular formula is C13H25NO2. The van der Waals surface area contributed by atoms with Gasteiger partial charge in [0.2, 0.25) is 0 Å². The molecule has 3 heteroatoms. The lowest BCUT2D eigenvalue weighted by Gasteiger charge is -2.39. The van der Waals surface area contributed by atoms with Crippen LogP contribution in [0.3, 0.4) is 0 Å². The number of carbonyl (C=O) groups is 1. The van der Waals surface area contributed by atoms with Crippen LogP contribution in [0.1, 0.15) is 47.0 Å². The number of hydrogen-bond donors (Lipinski definition) is 1. The Balaban J connectivity index is 2.66. The lowest BCUT2D eigenvalue weighted by Crippen LogP contribution is -2.47. The van der Waals surface area contributed by atoms with Crippen LogP contribution in [0.15, 0.2) is 0 Å². The summed E-state index contributed by atoms with van der Waals surface area (Å²) >= 11 is 0. The predicted molar refractivity (Wildman–Crippen MR) is 65.5 cm³/mol. The number of Topliss-reactive ketones (excluding diaryl/α,β-unsaturated/α-hetero) is 1. The fourth-order valence-corrected chi connectivity index (χ4v) is 2.24. The monoisotopic (exact) mass is 227 g/mol. The molecule has 1 aliphatic heterocycles. The minimum atomic E-state index is -0.208. The molecule has 0 aromatic carbocycles. The van der Waals surface area contributed by atoms with E-state index in [2.05, 4.69) is 5.32 Å². The summed E-state index contributed by atoms with van der Waals surface area (Å²) in [7, 11) is 0. The molecule has 1 fully saturated rings. The van der Waals surface area contributed by atoms with Gasteiger partial charge in [0.1, 0.15) is 5.78 Å². The van der Waals surface area contributed by atoms with Crippen molar-refractivity contribution in [3.05, 3.63) is 0 Å². The van der Waals surface area contributed by atoms with Gasteiger partial charge in [0, 0.05) is 12.3 Å². The average Bonchev–Trinajstić information content (AvgIpc) is 2.17. The molecule has 0 spiro atoms. The lowest BCUT2D eigenvalue weighted by molar-refractivity contribution is -0.138. The fraction of sp³-hybridized carbons (Fsp3) is 0.923. The van der Waals surface area contributed by atoms with E-state index in [9.17, 15) is 4.79 Å². The Morgan fingerprint density at radius 1 is 1.25 bits per heavy atom. The van der Waals surface area contributed by atoms with E-state index < -0.39 is 0 Å². The van der Waals surface area contributed by atoms with Crippen LogP contribution in [0.2, 0.25) is 0 Å². The first kappa shape index (κ1) is 13.7. The summed E-state index contributed by atoms with van der Waals surface area (Å²) in [5, 5.41) is 3.32. The molecule has 0 radical (unpaired) electrons. The van der Waals surface area contributed by atoms with Gasteiger partial charge in [-0.1, -0.05) is 13.8 Å². The van der Waals surface area contributed by atoms with Gasteiger partial charge in [0.15, 0.2) is 0 Å². The number of ketones is 1. The molecule has 16 heavy (non-hydrogen) atoms. The first-order chi connectivity index (χ1) is 7.45. The molecule has 0 unspecified atom stereocenters. The molecule has 0 aromatic heterocycles. The Morgan fingerprint density at radius 2 is 1.81 bits per heavy atom. The third kappa shape index (κ3) is 3.87. The highest BCUT2D eigenvalue weighted by atomic mass is 16.5. The van der Waals surface area contributed by atoms with Gasteiger partial charge in [-0.05, 0) is 39.8 Å². The molecule has 3 nitrogen and oxygen atoms in total. The van der Waals surface area contributed by atoms with Gasteiger partial charge < -0.3 is 10.1 Å². The maximum absolute atomic E-state index is 11.9. The second kappa shape index (κ2) is 5.78. The Kier molecular flexibility index (Phi) is 4.93. The van der Waals surface area contributed by atoms with E-state index >= 15 is 0 Å². The van der Waals surface area contributed by atoms with Crippen molar-refractivity contribution in [3.63, 3.8) is 0 Å². The number of nitrogens with one attached hydrogen (secondary N) is 1. The first-order valence-electron chi connectivity index (χ1n) is 6.36. The summed E-state index contributed by atoms with van der Waals surface area (Å²) in [4.78, 5) is 11.9. The molecule has 0 aliphatic carbocycles.